The smallest absolute Gasteiger partial charge is 0.315 e. The van der Waals surface area contributed by atoms with Crippen molar-refractivity contribution in [2.45, 2.75) is 19.6 Å². The van der Waals surface area contributed by atoms with Crippen LogP contribution in [0, 0.1) is 5.82 Å². The lowest BCUT2D eigenvalue weighted by atomic mass is 10.3. The second-order valence-corrected chi connectivity index (χ2v) is 6.55. The number of carbonyl (C=O) groups is 2. The lowest BCUT2D eigenvalue weighted by Gasteiger charge is -2.18. The van der Waals surface area contributed by atoms with Crippen LogP contribution in [0.2, 0.25) is 0 Å². The fourth-order valence-electron chi connectivity index (χ4n) is 1.95. The average Bonchev–Trinajstić information content (AvgIpc) is 2.98. The molecule has 0 unspecified atom stereocenters. The number of hydrogen-bond acceptors (Lipinski definition) is 6. The highest BCUT2D eigenvalue weighted by Gasteiger charge is 2.20. The van der Waals surface area contributed by atoms with Crippen molar-refractivity contribution >= 4 is 45.8 Å². The van der Waals surface area contributed by atoms with Gasteiger partial charge in [0.25, 0.3) is 0 Å². The van der Waals surface area contributed by atoms with Gasteiger partial charge in [-0.1, -0.05) is 12.1 Å². The molecular formula is C16H17FN2O3S2. The summed E-state index contributed by atoms with van der Waals surface area (Å²) in [6.45, 7) is 3.48. The van der Waals surface area contributed by atoms with Gasteiger partial charge in [0, 0.05) is 18.1 Å². The van der Waals surface area contributed by atoms with Crippen LogP contribution in [0.4, 0.5) is 15.2 Å². The number of aromatic nitrogens is 1. The number of amides is 1. The number of rotatable bonds is 7. The molecule has 0 spiro atoms. The van der Waals surface area contributed by atoms with E-state index in [1.165, 1.54) is 47.1 Å². The number of ether oxygens (including phenoxy) is 1. The highest BCUT2D eigenvalue weighted by Crippen LogP contribution is 2.31. The maximum Gasteiger partial charge on any atom is 0.315 e. The Hall–Kier alpha value is -1.93. The largest absolute Gasteiger partial charge is 0.465 e. The van der Waals surface area contributed by atoms with Crippen molar-refractivity contribution in [3.05, 3.63) is 41.2 Å². The number of carbonyl (C=O) groups excluding carboxylic acids is 2. The molecule has 24 heavy (non-hydrogen) atoms. The van der Waals surface area contributed by atoms with E-state index in [1.54, 1.807) is 24.4 Å². The Morgan fingerprint density at radius 1 is 1.38 bits per heavy atom. The summed E-state index contributed by atoms with van der Waals surface area (Å²) < 4.78 is 18.8. The van der Waals surface area contributed by atoms with E-state index in [1.807, 2.05) is 0 Å². The van der Waals surface area contributed by atoms with Crippen molar-refractivity contribution < 1.29 is 18.7 Å². The van der Waals surface area contributed by atoms with Crippen LogP contribution in [0.15, 0.2) is 29.6 Å². The highest BCUT2D eigenvalue weighted by molar-refractivity contribution is 7.99. The normalized spacial score (nSPS) is 10.5. The van der Waals surface area contributed by atoms with Gasteiger partial charge >= 0.3 is 5.97 Å². The summed E-state index contributed by atoms with van der Waals surface area (Å²) in [5.74, 6) is -0.320. The standard InChI is InChI=1S/C16H17FN2O3S2/c1-3-22-15(21)10-23-8-12-9-24-16(18-12)19(11(2)20)14-7-5-4-6-13(14)17/h4-7,9H,3,8,10H2,1-2H3. The van der Waals surface area contributed by atoms with Crippen LogP contribution in [-0.2, 0) is 20.1 Å². The van der Waals surface area contributed by atoms with Gasteiger partial charge < -0.3 is 4.74 Å². The van der Waals surface area contributed by atoms with E-state index >= 15 is 0 Å². The molecule has 0 fully saturated rings. The van der Waals surface area contributed by atoms with Crippen LogP contribution in [0.5, 0.6) is 0 Å². The van der Waals surface area contributed by atoms with Crippen LogP contribution in [0.3, 0.4) is 0 Å². The van der Waals surface area contributed by atoms with E-state index in [-0.39, 0.29) is 23.3 Å². The topological polar surface area (TPSA) is 59.5 Å². The van der Waals surface area contributed by atoms with Crippen LogP contribution in [0.25, 0.3) is 0 Å². The quantitative estimate of drug-likeness (QED) is 0.697. The summed E-state index contributed by atoms with van der Waals surface area (Å²) in [5.41, 5.74) is 0.900. The number of thioether (sulfide) groups is 1. The molecule has 1 aromatic carbocycles. The lowest BCUT2D eigenvalue weighted by Crippen LogP contribution is -2.23. The molecule has 0 atom stereocenters. The fraction of sp³-hybridized carbons (Fsp3) is 0.312. The van der Waals surface area contributed by atoms with Crippen molar-refractivity contribution in [2.75, 3.05) is 17.3 Å². The van der Waals surface area contributed by atoms with Gasteiger partial charge in [-0.3, -0.25) is 14.5 Å². The van der Waals surface area contributed by atoms with E-state index < -0.39 is 5.82 Å². The third kappa shape index (κ3) is 4.78. The van der Waals surface area contributed by atoms with Crippen LogP contribution in [-0.4, -0.2) is 29.2 Å². The van der Waals surface area contributed by atoms with Crippen LogP contribution >= 0.6 is 23.1 Å². The first kappa shape index (κ1) is 18.4. The second-order valence-electron chi connectivity index (χ2n) is 4.73. The van der Waals surface area contributed by atoms with Crippen molar-refractivity contribution in [2.24, 2.45) is 0 Å². The minimum atomic E-state index is -0.485. The van der Waals surface area contributed by atoms with Gasteiger partial charge in [-0.15, -0.1) is 23.1 Å². The number of hydrogen-bond donors (Lipinski definition) is 0. The fourth-order valence-corrected chi connectivity index (χ4v) is 3.64. The predicted octanol–water partition coefficient (Wildman–Crippen LogP) is 3.76. The Morgan fingerprint density at radius 2 is 2.12 bits per heavy atom. The summed E-state index contributed by atoms with van der Waals surface area (Å²) >= 11 is 2.64. The minimum Gasteiger partial charge on any atom is -0.465 e. The van der Waals surface area contributed by atoms with Gasteiger partial charge in [0.15, 0.2) is 5.13 Å². The number of para-hydroxylation sites is 1. The Bertz CT molecular complexity index is 721. The second kappa shape index (κ2) is 8.79. The lowest BCUT2D eigenvalue weighted by molar-refractivity contribution is -0.139. The molecule has 0 radical (unpaired) electrons. The van der Waals surface area contributed by atoms with E-state index in [9.17, 15) is 14.0 Å². The first-order valence-corrected chi connectivity index (χ1v) is 9.29. The summed E-state index contributed by atoms with van der Waals surface area (Å²) in [4.78, 5) is 28.9. The van der Waals surface area contributed by atoms with E-state index in [0.29, 0.717) is 17.5 Å². The van der Waals surface area contributed by atoms with Gasteiger partial charge in [-0.2, -0.15) is 0 Å². The Labute approximate surface area is 147 Å². The molecule has 8 heteroatoms. The molecule has 1 aromatic heterocycles. The molecule has 2 aromatic rings. The molecule has 0 aliphatic heterocycles. The highest BCUT2D eigenvalue weighted by atomic mass is 32.2. The zero-order valence-corrected chi connectivity index (χ0v) is 15.0. The molecule has 5 nitrogen and oxygen atoms in total. The zero-order valence-electron chi connectivity index (χ0n) is 13.3. The van der Waals surface area contributed by atoms with Crippen LogP contribution in [0.1, 0.15) is 19.5 Å². The predicted molar refractivity (Wildman–Crippen MR) is 94.1 cm³/mol. The molecule has 0 N–H and O–H groups in total. The zero-order chi connectivity index (χ0) is 17.5. The van der Waals surface area contributed by atoms with E-state index in [4.69, 9.17) is 4.74 Å². The van der Waals surface area contributed by atoms with Crippen molar-refractivity contribution in [1.82, 2.24) is 4.98 Å². The first-order chi connectivity index (χ1) is 11.5. The Morgan fingerprint density at radius 3 is 2.79 bits per heavy atom. The monoisotopic (exact) mass is 368 g/mol. The molecule has 0 aliphatic carbocycles. The molecule has 1 amide bonds. The molecular weight excluding hydrogens is 351 g/mol. The molecule has 0 bridgehead atoms. The SMILES string of the molecule is CCOC(=O)CSCc1csc(N(C(C)=O)c2ccccc2F)n1. The summed E-state index contributed by atoms with van der Waals surface area (Å²) in [5, 5.41) is 2.20. The summed E-state index contributed by atoms with van der Waals surface area (Å²) in [6.07, 6.45) is 0. The minimum absolute atomic E-state index is 0.171. The van der Waals surface area contributed by atoms with Gasteiger partial charge in [0.2, 0.25) is 5.91 Å². The van der Waals surface area contributed by atoms with Crippen molar-refractivity contribution in [3.8, 4) is 0 Å². The Balaban J connectivity index is 2.08. The number of anilines is 2. The van der Waals surface area contributed by atoms with Crippen molar-refractivity contribution in [1.29, 1.82) is 0 Å². The van der Waals surface area contributed by atoms with Gasteiger partial charge in [0.1, 0.15) is 5.82 Å². The third-order valence-corrected chi connectivity index (χ3v) is 4.73. The van der Waals surface area contributed by atoms with E-state index in [2.05, 4.69) is 4.98 Å². The summed E-state index contributed by atoms with van der Waals surface area (Å²) in [6, 6.07) is 6.07. The van der Waals surface area contributed by atoms with Gasteiger partial charge in [0.05, 0.1) is 23.7 Å². The maximum atomic E-state index is 14.0. The molecule has 0 saturated heterocycles. The molecule has 0 saturated carbocycles. The summed E-state index contributed by atoms with van der Waals surface area (Å²) in [7, 11) is 0. The number of thiazole rings is 1. The number of esters is 1. The molecule has 0 aliphatic rings. The van der Waals surface area contributed by atoms with Crippen molar-refractivity contribution in [3.63, 3.8) is 0 Å². The van der Waals surface area contributed by atoms with Gasteiger partial charge in [-0.25, -0.2) is 9.37 Å². The first-order valence-electron chi connectivity index (χ1n) is 7.26. The molecule has 2 rings (SSSR count). The van der Waals surface area contributed by atoms with Gasteiger partial charge in [-0.05, 0) is 19.1 Å². The van der Waals surface area contributed by atoms with Crippen LogP contribution < -0.4 is 4.90 Å². The number of nitrogens with zero attached hydrogens (tertiary/aromatic N) is 2. The molecule has 128 valence electrons. The third-order valence-electron chi connectivity index (χ3n) is 2.91. The van der Waals surface area contributed by atoms with E-state index in [0.717, 1.165) is 5.69 Å². The maximum absolute atomic E-state index is 14.0. The number of halogens is 1. The molecule has 1 heterocycles. The average molecular weight is 368 g/mol. The Kier molecular flexibility index (Phi) is 6.74. The number of benzene rings is 1.